The molecular weight excluding hydrogens is 555 g/mol. The van der Waals surface area contributed by atoms with Gasteiger partial charge in [-0.05, 0) is 55.4 Å². The van der Waals surface area contributed by atoms with E-state index in [0.29, 0.717) is 0 Å². The van der Waals surface area contributed by atoms with Gasteiger partial charge in [0, 0.05) is 29.2 Å². The van der Waals surface area contributed by atoms with Crippen molar-refractivity contribution in [3.8, 4) is 0 Å². The molecule has 0 aromatic carbocycles. The fourth-order valence-corrected chi connectivity index (χ4v) is 12.8. The average molecular weight is 581 g/mol. The van der Waals surface area contributed by atoms with Crippen molar-refractivity contribution >= 4 is 48.6 Å². The maximum atomic E-state index is 4.93. The third-order valence-corrected chi connectivity index (χ3v) is 12.5. The van der Waals surface area contributed by atoms with Gasteiger partial charge in [-0.3, -0.25) is 0 Å². The van der Waals surface area contributed by atoms with E-state index in [1.54, 1.807) is 21.6 Å². The van der Waals surface area contributed by atoms with Crippen molar-refractivity contribution in [2.75, 3.05) is 0 Å². The molecule has 0 nitrogen and oxygen atoms in total. The number of hydrogen-bond acceptors (Lipinski definition) is 2. The molecule has 31 heavy (non-hydrogen) atoms. The summed E-state index contributed by atoms with van der Waals surface area (Å²) in [7, 11) is 7.97. The quantitative estimate of drug-likeness (QED) is 0.300. The Morgan fingerprint density at radius 1 is 0.742 bits per heavy atom. The van der Waals surface area contributed by atoms with E-state index < -0.39 is 28.9 Å². The second-order valence-electron chi connectivity index (χ2n) is 8.96. The molecule has 0 unspecified atom stereocenters. The van der Waals surface area contributed by atoms with Crippen LogP contribution in [0.3, 0.4) is 0 Å². The molecule has 6 heteroatoms. The Bertz CT molecular complexity index is 816. The summed E-state index contributed by atoms with van der Waals surface area (Å²) in [5, 5.41) is 3.10. The van der Waals surface area contributed by atoms with Gasteiger partial charge in [-0.1, -0.05) is 55.5 Å². The van der Waals surface area contributed by atoms with Crippen LogP contribution in [0.1, 0.15) is 34.6 Å². The van der Waals surface area contributed by atoms with Crippen LogP contribution in [0, 0.1) is 57.6 Å². The van der Waals surface area contributed by atoms with E-state index >= 15 is 0 Å². The topological polar surface area (TPSA) is 0 Å². The van der Waals surface area contributed by atoms with Gasteiger partial charge >= 0.3 is 37.9 Å². The molecular formula is C25H26Cl2S2SiZr+2. The van der Waals surface area contributed by atoms with Crippen molar-refractivity contribution in [1.82, 2.24) is 0 Å². The zero-order chi connectivity index (χ0) is 22.7. The van der Waals surface area contributed by atoms with E-state index in [2.05, 4.69) is 78.4 Å². The normalized spacial score (nSPS) is 27.3. The predicted molar refractivity (Wildman–Crippen MR) is 139 cm³/mol. The predicted octanol–water partition coefficient (Wildman–Crippen LogP) is 8.69. The molecule has 0 aromatic heterocycles. The minimum atomic E-state index is -1.90. The number of thioether (sulfide) groups is 2. The van der Waals surface area contributed by atoms with Gasteiger partial charge in [-0.15, -0.1) is 23.5 Å². The molecule has 2 aliphatic heterocycles. The summed E-state index contributed by atoms with van der Waals surface area (Å²) in [5.41, 5.74) is 6.14. The van der Waals surface area contributed by atoms with Crippen LogP contribution in [0.4, 0.5) is 0 Å². The van der Waals surface area contributed by atoms with Gasteiger partial charge in [-0.25, -0.2) is 0 Å². The van der Waals surface area contributed by atoms with Crippen molar-refractivity contribution in [3.05, 3.63) is 103 Å². The summed E-state index contributed by atoms with van der Waals surface area (Å²) in [6, 6.07) is 0. The molecule has 0 atom stereocenters. The molecule has 0 N–H and O–H groups in total. The molecule has 0 bridgehead atoms. The Kier molecular flexibility index (Phi) is 8.02. The van der Waals surface area contributed by atoms with E-state index in [-0.39, 0.29) is 0 Å². The second kappa shape index (κ2) is 9.77. The van der Waals surface area contributed by atoms with Gasteiger partial charge < -0.3 is 0 Å². The van der Waals surface area contributed by atoms with Crippen LogP contribution >= 0.6 is 40.5 Å². The molecule has 0 spiro atoms. The number of fused-ring (bicyclic) bond motifs is 4. The number of rotatable bonds is 2. The van der Waals surface area contributed by atoms with E-state index in [1.165, 1.54) is 50.5 Å². The molecule has 0 aromatic rings. The summed E-state index contributed by atoms with van der Waals surface area (Å²) in [4.78, 5) is 2.86. The summed E-state index contributed by atoms with van der Waals surface area (Å²) >= 11 is 3.17. The Morgan fingerprint density at radius 3 is 1.74 bits per heavy atom. The SMILES string of the molecule is C[C]1[CH][C]2[C]([C]1[Si](C)(C)[C]1[C]3SC(C)=C[C]3[C]3C=C(C)S[C]31)C(C)=CC=C2C.[Cl][Zr+2][Cl]. The summed E-state index contributed by atoms with van der Waals surface area (Å²) in [6.07, 6.45) is 11.9. The van der Waals surface area contributed by atoms with Gasteiger partial charge in [-0.2, -0.15) is 0 Å². The molecule has 0 amide bonds. The molecule has 2 saturated carbocycles. The summed E-state index contributed by atoms with van der Waals surface area (Å²) in [6.45, 7) is 16.5. The molecule has 158 valence electrons. The Hall–Kier alpha value is 1.34. The summed E-state index contributed by atoms with van der Waals surface area (Å²) in [5.74, 6) is 7.43. The van der Waals surface area contributed by atoms with Crippen molar-refractivity contribution in [2.24, 2.45) is 0 Å². The van der Waals surface area contributed by atoms with Crippen LogP contribution in [-0.4, -0.2) is 8.07 Å². The van der Waals surface area contributed by atoms with Gasteiger partial charge in [0.05, 0.1) is 18.6 Å². The van der Waals surface area contributed by atoms with E-state index in [0.717, 1.165) is 0 Å². The standard InChI is InChI=1S/C25H26S2Si.2ClH.Zr/c1-13-8-9-14(2)21-18(13)10-15(3)24(21)28(6,7)25-22-19(11-16(4)26-22)20-12-17(5)27-23(20)25;;;/h8-12H,1-7H3;2*1H;/q;;;+4/p-2. The Labute approximate surface area is 218 Å². The third-order valence-electron chi connectivity index (χ3n) is 6.38. The Morgan fingerprint density at radius 2 is 1.23 bits per heavy atom. The minimum absolute atomic E-state index is 0.826. The molecule has 5 aliphatic rings. The first-order valence-electron chi connectivity index (χ1n) is 10.3. The maximum absolute atomic E-state index is 4.93. The fraction of sp³-hybridized carbons (Fsp3) is 0.280. The zero-order valence-electron chi connectivity index (χ0n) is 19.0. The third kappa shape index (κ3) is 4.40. The van der Waals surface area contributed by atoms with Gasteiger partial charge in [0.2, 0.25) is 0 Å². The van der Waals surface area contributed by atoms with Crippen LogP contribution in [0.15, 0.2) is 45.3 Å². The van der Waals surface area contributed by atoms with Crippen molar-refractivity contribution in [3.63, 3.8) is 0 Å². The molecule has 2 fully saturated rings. The van der Waals surface area contributed by atoms with Crippen LogP contribution in [0.5, 0.6) is 0 Å². The Balaban J connectivity index is 0.000000730. The van der Waals surface area contributed by atoms with Gasteiger partial charge in [0.1, 0.15) is 0 Å². The fourth-order valence-electron chi connectivity index (χ4n) is 5.24. The zero-order valence-corrected chi connectivity index (χ0v) is 25.6. The average Bonchev–Trinajstić information content (AvgIpc) is 3.38. The molecule has 0 saturated heterocycles. The van der Waals surface area contributed by atoms with E-state index in [9.17, 15) is 0 Å². The first-order chi connectivity index (χ1) is 14.6. The monoisotopic (exact) mass is 578 g/mol. The van der Waals surface area contributed by atoms with E-state index in [4.69, 9.17) is 17.0 Å². The van der Waals surface area contributed by atoms with Crippen LogP contribution in [-0.2, 0) is 20.8 Å². The number of allylic oxidation sites excluding steroid dienone is 8. The van der Waals surface area contributed by atoms with Crippen molar-refractivity contribution in [1.29, 1.82) is 0 Å². The first-order valence-corrected chi connectivity index (χ1v) is 21.3. The first kappa shape index (κ1) is 25.4. The van der Waals surface area contributed by atoms with Crippen LogP contribution in [0.2, 0.25) is 13.1 Å². The molecule has 5 rings (SSSR count). The summed E-state index contributed by atoms with van der Waals surface area (Å²) < 4.78 is 0. The molecule has 3 aliphatic carbocycles. The number of hydrogen-bond donors (Lipinski definition) is 0. The molecule has 10 radical (unpaired) electrons. The second-order valence-corrected chi connectivity index (χ2v) is 19.5. The van der Waals surface area contributed by atoms with Crippen molar-refractivity contribution < 1.29 is 20.8 Å². The van der Waals surface area contributed by atoms with Crippen LogP contribution < -0.4 is 0 Å². The van der Waals surface area contributed by atoms with Crippen LogP contribution in [0.25, 0.3) is 0 Å². The van der Waals surface area contributed by atoms with Gasteiger partial charge in [0.25, 0.3) is 0 Å². The number of halogens is 2. The molecule has 2 heterocycles. The van der Waals surface area contributed by atoms with Crippen molar-refractivity contribution in [2.45, 2.75) is 47.7 Å². The van der Waals surface area contributed by atoms with E-state index in [1.807, 2.05) is 23.5 Å². The van der Waals surface area contributed by atoms with Gasteiger partial charge in [0.15, 0.2) is 0 Å².